The number of H-pyrrole nitrogens is 1. The Morgan fingerprint density at radius 3 is 2.58 bits per heavy atom. The topological polar surface area (TPSA) is 151 Å². The van der Waals surface area contributed by atoms with Crippen molar-refractivity contribution in [2.24, 2.45) is 5.73 Å². The second-order valence-corrected chi connectivity index (χ2v) is 4.97. The Balaban J connectivity index is 2.25. The monoisotopic (exact) mass is 331 g/mol. The quantitative estimate of drug-likeness (QED) is 0.464. The molecule has 9 nitrogen and oxygen atoms in total. The van der Waals surface area contributed by atoms with Crippen LogP contribution in [0.4, 0.5) is 0 Å². The third kappa shape index (κ3) is 2.37. The maximum atomic E-state index is 11.2. The summed E-state index contributed by atoms with van der Waals surface area (Å²) in [7, 11) is 0. The second-order valence-electron chi connectivity index (χ2n) is 4.97. The van der Waals surface area contributed by atoms with Gasteiger partial charge in [-0.1, -0.05) is 6.07 Å². The minimum absolute atomic E-state index is 0.0401. The number of nitrogens with two attached hydrogens (primary N) is 1. The van der Waals surface area contributed by atoms with E-state index in [2.05, 4.69) is 4.98 Å². The maximum Gasteiger partial charge on any atom is 0.255 e. The lowest BCUT2D eigenvalue weighted by molar-refractivity contribution is -0.119. The molecule has 1 aromatic carbocycles. The van der Waals surface area contributed by atoms with Gasteiger partial charge in [0.25, 0.3) is 11.5 Å². The lowest BCUT2D eigenvalue weighted by Gasteiger charge is -2.08. The van der Waals surface area contributed by atoms with Crippen molar-refractivity contribution in [3.05, 3.63) is 40.7 Å². The van der Waals surface area contributed by atoms with Gasteiger partial charge in [0.05, 0.1) is 10.8 Å². The number of primary amides is 1. The number of hydrogen-bond acceptors (Lipinski definition) is 6. The molecule has 0 saturated carbocycles. The fourth-order valence-corrected chi connectivity index (χ4v) is 2.41. The van der Waals surface area contributed by atoms with Gasteiger partial charge in [0.15, 0.2) is 6.61 Å². The number of benzene rings is 1. The van der Waals surface area contributed by atoms with Gasteiger partial charge in [-0.2, -0.15) is 0 Å². The van der Waals surface area contributed by atoms with Crippen LogP contribution in [0.15, 0.2) is 35.1 Å². The van der Waals surface area contributed by atoms with Crippen LogP contribution in [0.2, 0.25) is 0 Å². The molecule has 0 radical (unpaired) electrons. The molecule has 1 amide bonds. The average Bonchev–Trinajstić information content (AvgIpc) is 2.78. The zero-order valence-corrected chi connectivity index (χ0v) is 12.2. The van der Waals surface area contributed by atoms with Crippen LogP contribution in [0, 0.1) is 0 Å². The van der Waals surface area contributed by atoms with Crippen LogP contribution in [0.1, 0.15) is 0 Å². The minimum Gasteiger partial charge on any atom is -0.494 e. The molecule has 0 aliphatic heterocycles. The SMILES string of the molecule is NC(=O)COc1cccc2c(O)n(-c3ccc(=O)[nH]c3O)c(O)c12. The molecule has 0 spiro atoms. The number of aromatic amines is 1. The summed E-state index contributed by atoms with van der Waals surface area (Å²) >= 11 is 0. The van der Waals surface area contributed by atoms with Crippen molar-refractivity contribution in [3.63, 3.8) is 0 Å². The Hall–Kier alpha value is -3.62. The summed E-state index contributed by atoms with van der Waals surface area (Å²) in [5, 5.41) is 31.1. The summed E-state index contributed by atoms with van der Waals surface area (Å²) in [6, 6.07) is 6.91. The summed E-state index contributed by atoms with van der Waals surface area (Å²) < 4.78 is 6.17. The number of fused-ring (bicyclic) bond motifs is 1. The normalized spacial score (nSPS) is 10.8. The Bertz CT molecular complexity index is 1000. The van der Waals surface area contributed by atoms with Crippen molar-refractivity contribution in [2.75, 3.05) is 6.61 Å². The van der Waals surface area contributed by atoms with Crippen molar-refractivity contribution in [1.82, 2.24) is 9.55 Å². The van der Waals surface area contributed by atoms with Gasteiger partial charge in [-0.3, -0.25) is 14.6 Å². The van der Waals surface area contributed by atoms with E-state index >= 15 is 0 Å². The van der Waals surface area contributed by atoms with E-state index in [9.17, 15) is 24.9 Å². The Morgan fingerprint density at radius 1 is 1.17 bits per heavy atom. The number of aromatic nitrogens is 2. The van der Waals surface area contributed by atoms with Crippen molar-refractivity contribution >= 4 is 16.7 Å². The smallest absolute Gasteiger partial charge is 0.255 e. The molecule has 0 bridgehead atoms. The number of rotatable bonds is 4. The average molecular weight is 331 g/mol. The van der Waals surface area contributed by atoms with Crippen LogP contribution in [-0.4, -0.2) is 37.4 Å². The fourth-order valence-electron chi connectivity index (χ4n) is 2.41. The van der Waals surface area contributed by atoms with E-state index in [-0.39, 0.29) is 28.1 Å². The molecule has 9 heteroatoms. The standard InChI is InChI=1S/C15H13N3O6/c16-10(19)6-24-9-3-1-2-7-12(9)15(23)18(14(7)22)8-4-5-11(20)17-13(8)21/h1-5,22-23H,6H2,(H2,16,19)(H2,17,20,21). The molecule has 0 atom stereocenters. The van der Waals surface area contributed by atoms with E-state index < -0.39 is 29.8 Å². The van der Waals surface area contributed by atoms with Gasteiger partial charge in [-0.05, 0) is 18.2 Å². The molecule has 0 saturated heterocycles. The molecule has 2 aromatic heterocycles. The molecule has 124 valence electrons. The number of aromatic hydroxyl groups is 3. The lowest BCUT2D eigenvalue weighted by atomic mass is 10.2. The summed E-state index contributed by atoms with van der Waals surface area (Å²) in [6.07, 6.45) is 0. The zero-order valence-electron chi connectivity index (χ0n) is 12.2. The van der Waals surface area contributed by atoms with Crippen LogP contribution >= 0.6 is 0 Å². The van der Waals surface area contributed by atoms with E-state index in [0.29, 0.717) is 0 Å². The first-order chi connectivity index (χ1) is 11.4. The van der Waals surface area contributed by atoms with Gasteiger partial charge in [0, 0.05) is 6.07 Å². The third-order valence-electron chi connectivity index (χ3n) is 3.40. The van der Waals surface area contributed by atoms with Gasteiger partial charge >= 0.3 is 0 Å². The molecular formula is C15H13N3O6. The molecule has 0 aliphatic carbocycles. The number of carbonyl (C=O) groups excluding carboxylic acids is 1. The molecular weight excluding hydrogens is 318 g/mol. The summed E-state index contributed by atoms with van der Waals surface area (Å²) in [5.41, 5.74) is 4.45. The molecule has 0 unspecified atom stereocenters. The number of amides is 1. The highest BCUT2D eigenvalue weighted by molar-refractivity contribution is 5.98. The maximum absolute atomic E-state index is 11.2. The zero-order chi connectivity index (χ0) is 17.4. The first-order valence-electron chi connectivity index (χ1n) is 6.79. The first-order valence-corrected chi connectivity index (χ1v) is 6.79. The predicted molar refractivity (Wildman–Crippen MR) is 83.6 cm³/mol. The highest BCUT2D eigenvalue weighted by atomic mass is 16.5. The van der Waals surface area contributed by atoms with Gasteiger partial charge in [0.2, 0.25) is 17.6 Å². The molecule has 0 aliphatic rings. The van der Waals surface area contributed by atoms with Crippen molar-refractivity contribution in [3.8, 4) is 29.1 Å². The highest BCUT2D eigenvalue weighted by Gasteiger charge is 2.22. The Labute approximate surface area is 134 Å². The fraction of sp³-hybridized carbons (Fsp3) is 0.0667. The summed E-state index contributed by atoms with van der Waals surface area (Å²) in [5.74, 6) is -1.93. The number of hydrogen-bond donors (Lipinski definition) is 5. The van der Waals surface area contributed by atoms with E-state index in [1.165, 1.54) is 18.2 Å². The van der Waals surface area contributed by atoms with Crippen molar-refractivity contribution in [1.29, 1.82) is 0 Å². The van der Waals surface area contributed by atoms with Crippen LogP contribution in [0.5, 0.6) is 23.4 Å². The van der Waals surface area contributed by atoms with Gasteiger partial charge in [-0.25, -0.2) is 4.57 Å². The third-order valence-corrected chi connectivity index (χ3v) is 3.40. The number of carbonyl (C=O) groups is 1. The first kappa shape index (κ1) is 15.3. The number of pyridine rings is 1. The molecule has 6 N–H and O–H groups in total. The highest BCUT2D eigenvalue weighted by Crippen LogP contribution is 2.44. The van der Waals surface area contributed by atoms with E-state index in [1.807, 2.05) is 0 Å². The van der Waals surface area contributed by atoms with E-state index in [0.717, 1.165) is 10.6 Å². The molecule has 24 heavy (non-hydrogen) atoms. The summed E-state index contributed by atoms with van der Waals surface area (Å²) in [4.78, 5) is 24.2. The van der Waals surface area contributed by atoms with Gasteiger partial charge in [-0.15, -0.1) is 0 Å². The van der Waals surface area contributed by atoms with Crippen LogP contribution in [0.3, 0.4) is 0 Å². The van der Waals surface area contributed by atoms with E-state index in [4.69, 9.17) is 10.5 Å². The van der Waals surface area contributed by atoms with Crippen LogP contribution in [0.25, 0.3) is 16.5 Å². The molecule has 3 aromatic rings. The molecule has 2 heterocycles. The van der Waals surface area contributed by atoms with Crippen LogP contribution < -0.4 is 16.0 Å². The number of nitrogens with zero attached hydrogens (tertiary/aromatic N) is 1. The molecule has 0 fully saturated rings. The van der Waals surface area contributed by atoms with Crippen LogP contribution in [-0.2, 0) is 4.79 Å². The van der Waals surface area contributed by atoms with Crippen molar-refractivity contribution in [2.45, 2.75) is 0 Å². The van der Waals surface area contributed by atoms with E-state index in [1.54, 1.807) is 6.07 Å². The number of nitrogens with one attached hydrogen (secondary N) is 1. The van der Waals surface area contributed by atoms with Crippen molar-refractivity contribution < 1.29 is 24.9 Å². The Morgan fingerprint density at radius 2 is 1.92 bits per heavy atom. The lowest BCUT2D eigenvalue weighted by Crippen LogP contribution is -2.20. The molecule has 3 rings (SSSR count). The second kappa shape index (κ2) is 5.54. The predicted octanol–water partition coefficient (Wildman–Crippen LogP) is 0.300. The number of ether oxygens (including phenoxy) is 1. The summed E-state index contributed by atoms with van der Waals surface area (Å²) in [6.45, 7) is -0.408. The van der Waals surface area contributed by atoms with Gasteiger partial charge < -0.3 is 25.8 Å². The largest absolute Gasteiger partial charge is 0.494 e. The minimum atomic E-state index is -0.701. The Kier molecular flexibility index (Phi) is 3.53. The van der Waals surface area contributed by atoms with Gasteiger partial charge in [0.1, 0.15) is 11.4 Å².